The minimum atomic E-state index is -0.657. The fourth-order valence-electron chi connectivity index (χ4n) is 4.80. The molecule has 1 aliphatic carbocycles. The van der Waals surface area contributed by atoms with Crippen molar-refractivity contribution in [1.29, 1.82) is 0 Å². The molecule has 1 N–H and O–H groups in total. The summed E-state index contributed by atoms with van der Waals surface area (Å²) >= 11 is 0. The molecule has 0 spiro atoms. The number of carbonyl (C=O) groups excluding carboxylic acids is 1. The number of benzene rings is 2. The molecule has 33 heavy (non-hydrogen) atoms. The molecule has 178 valence electrons. The van der Waals surface area contributed by atoms with Gasteiger partial charge in [0.15, 0.2) is 0 Å². The van der Waals surface area contributed by atoms with Gasteiger partial charge in [0.25, 0.3) is 6.47 Å². The van der Waals surface area contributed by atoms with Gasteiger partial charge in [-0.15, -0.1) is 0 Å². The van der Waals surface area contributed by atoms with Crippen molar-refractivity contribution in [3.63, 3.8) is 0 Å². The highest BCUT2D eigenvalue weighted by Gasteiger charge is 2.41. The first-order valence-electron chi connectivity index (χ1n) is 11.7. The molecule has 0 amide bonds. The van der Waals surface area contributed by atoms with E-state index < -0.39 is 17.2 Å². The molecule has 0 radical (unpaired) electrons. The molecule has 0 bridgehead atoms. The van der Waals surface area contributed by atoms with Crippen molar-refractivity contribution in [3.05, 3.63) is 53.6 Å². The van der Waals surface area contributed by atoms with Gasteiger partial charge >= 0.3 is 0 Å². The second-order valence-corrected chi connectivity index (χ2v) is 9.43. The normalized spacial score (nSPS) is 18.0. The van der Waals surface area contributed by atoms with Crippen molar-refractivity contribution < 1.29 is 23.0 Å². The fraction of sp³-hybridized carbons (Fsp3) is 0.500. The Bertz CT molecular complexity index is 972. The van der Waals surface area contributed by atoms with E-state index in [2.05, 4.69) is 24.1 Å². The number of hydrogen-bond acceptors (Lipinski definition) is 5. The molecule has 5 nitrogen and oxygen atoms in total. The maximum Gasteiger partial charge on any atom is 0.293 e. The van der Waals surface area contributed by atoms with Crippen LogP contribution in [-0.4, -0.2) is 32.3 Å². The summed E-state index contributed by atoms with van der Waals surface area (Å²) in [5, 5.41) is 3.21. The van der Waals surface area contributed by atoms with Crippen LogP contribution in [0.1, 0.15) is 51.5 Å². The molecule has 0 aromatic heterocycles. The highest BCUT2D eigenvalue weighted by atomic mass is 19.1. The van der Waals surface area contributed by atoms with Crippen molar-refractivity contribution in [2.24, 2.45) is 5.92 Å². The molecule has 7 heteroatoms. The fourth-order valence-corrected chi connectivity index (χ4v) is 4.80. The van der Waals surface area contributed by atoms with Crippen LogP contribution >= 0.6 is 0 Å². The number of hydrogen-bond donors (Lipinski definition) is 1. The van der Waals surface area contributed by atoms with Crippen molar-refractivity contribution >= 4 is 23.5 Å². The minimum absolute atomic E-state index is 0.199. The van der Waals surface area contributed by atoms with Crippen molar-refractivity contribution in [2.75, 3.05) is 30.0 Å². The van der Waals surface area contributed by atoms with E-state index in [1.54, 1.807) is 0 Å². The number of nitrogens with one attached hydrogen (secondary N) is 1. The third-order valence-electron chi connectivity index (χ3n) is 6.66. The van der Waals surface area contributed by atoms with E-state index in [0.717, 1.165) is 56.0 Å². The molecular weight excluding hydrogens is 426 g/mol. The topological polar surface area (TPSA) is 50.8 Å². The summed E-state index contributed by atoms with van der Waals surface area (Å²) in [6, 6.07) is 9.81. The Balaban J connectivity index is 1.77. The number of rotatable bonds is 9. The standard InChI is InChI=1S/C26H32F2N2O3/c1-18(2)16-30(21-8-12-32-13-9-21)25-7-4-19(26(33-17-31)10-3-11-26)14-24(25)29-23-6-5-20(27)15-22(23)28/h4-7,14-15,17-18,21,29H,3,8-13,16H2,1-2H3. The number of carbonyl (C=O) groups is 1. The molecule has 2 aromatic carbocycles. The zero-order valence-corrected chi connectivity index (χ0v) is 19.3. The van der Waals surface area contributed by atoms with E-state index in [1.807, 2.05) is 18.2 Å². The van der Waals surface area contributed by atoms with Gasteiger partial charge in [-0.1, -0.05) is 19.9 Å². The molecule has 1 aliphatic heterocycles. The smallest absolute Gasteiger partial charge is 0.293 e. The van der Waals surface area contributed by atoms with Gasteiger partial charge in [0.2, 0.25) is 0 Å². The van der Waals surface area contributed by atoms with E-state index in [1.165, 1.54) is 12.1 Å². The maximum atomic E-state index is 14.6. The van der Waals surface area contributed by atoms with Crippen LogP contribution in [0, 0.1) is 17.6 Å². The lowest BCUT2D eigenvalue weighted by molar-refractivity contribution is -0.155. The summed E-state index contributed by atoms with van der Waals surface area (Å²) in [6.07, 6.45) is 4.32. The molecule has 2 fully saturated rings. The van der Waals surface area contributed by atoms with Crippen LogP contribution in [0.5, 0.6) is 0 Å². The van der Waals surface area contributed by atoms with Crippen LogP contribution < -0.4 is 10.2 Å². The summed E-state index contributed by atoms with van der Waals surface area (Å²) in [5.41, 5.74) is 2.10. The number of anilines is 3. The summed E-state index contributed by atoms with van der Waals surface area (Å²) < 4.78 is 39.2. The number of halogens is 2. The molecule has 1 heterocycles. The van der Waals surface area contributed by atoms with Crippen LogP contribution in [0.25, 0.3) is 0 Å². The zero-order valence-electron chi connectivity index (χ0n) is 19.3. The van der Waals surface area contributed by atoms with E-state index in [9.17, 15) is 13.6 Å². The van der Waals surface area contributed by atoms with Crippen LogP contribution in [0.4, 0.5) is 25.8 Å². The average molecular weight is 459 g/mol. The largest absolute Gasteiger partial charge is 0.456 e. The molecule has 2 aromatic rings. The Morgan fingerprint density at radius 2 is 1.91 bits per heavy atom. The summed E-state index contributed by atoms with van der Waals surface area (Å²) in [6.45, 7) is 7.11. The Kier molecular flexibility index (Phi) is 7.17. The second kappa shape index (κ2) is 10.1. The van der Waals surface area contributed by atoms with Crippen LogP contribution in [0.2, 0.25) is 0 Å². The summed E-state index contributed by atoms with van der Waals surface area (Å²) in [4.78, 5) is 13.6. The van der Waals surface area contributed by atoms with Crippen molar-refractivity contribution in [1.82, 2.24) is 0 Å². The predicted molar refractivity (Wildman–Crippen MR) is 125 cm³/mol. The van der Waals surface area contributed by atoms with Gasteiger partial charge in [-0.3, -0.25) is 4.79 Å². The monoisotopic (exact) mass is 458 g/mol. The lowest BCUT2D eigenvalue weighted by Gasteiger charge is -2.42. The van der Waals surface area contributed by atoms with Gasteiger partial charge in [-0.25, -0.2) is 8.78 Å². The second-order valence-electron chi connectivity index (χ2n) is 9.43. The first kappa shape index (κ1) is 23.5. The lowest BCUT2D eigenvalue weighted by Crippen LogP contribution is -2.42. The Hall–Kier alpha value is -2.67. The SMILES string of the molecule is CC(C)CN(c1ccc(C2(OC=O)CCC2)cc1Nc1ccc(F)cc1F)C1CCOCC1. The third kappa shape index (κ3) is 5.13. The van der Waals surface area contributed by atoms with E-state index in [0.29, 0.717) is 37.3 Å². The Morgan fingerprint density at radius 3 is 2.52 bits per heavy atom. The van der Waals surface area contributed by atoms with E-state index >= 15 is 0 Å². The number of nitrogens with zero attached hydrogens (tertiary/aromatic N) is 1. The zero-order chi connectivity index (χ0) is 23.4. The van der Waals surface area contributed by atoms with E-state index in [-0.39, 0.29) is 5.69 Å². The van der Waals surface area contributed by atoms with Crippen LogP contribution in [0.15, 0.2) is 36.4 Å². The molecule has 1 saturated heterocycles. The van der Waals surface area contributed by atoms with Gasteiger partial charge < -0.3 is 19.7 Å². The summed E-state index contributed by atoms with van der Waals surface area (Å²) in [5.74, 6) is -0.863. The van der Waals surface area contributed by atoms with Crippen LogP contribution in [-0.2, 0) is 19.9 Å². The van der Waals surface area contributed by atoms with Gasteiger partial charge in [0, 0.05) is 31.9 Å². The number of ether oxygens (including phenoxy) is 2. The third-order valence-corrected chi connectivity index (χ3v) is 6.66. The highest BCUT2D eigenvalue weighted by Crippen LogP contribution is 2.47. The average Bonchev–Trinajstić information content (AvgIpc) is 2.77. The Morgan fingerprint density at radius 1 is 1.15 bits per heavy atom. The molecule has 1 saturated carbocycles. The van der Waals surface area contributed by atoms with Crippen LogP contribution in [0.3, 0.4) is 0 Å². The van der Waals surface area contributed by atoms with Crippen molar-refractivity contribution in [3.8, 4) is 0 Å². The highest BCUT2D eigenvalue weighted by molar-refractivity contribution is 5.77. The lowest BCUT2D eigenvalue weighted by atomic mass is 9.74. The van der Waals surface area contributed by atoms with E-state index in [4.69, 9.17) is 9.47 Å². The first-order chi connectivity index (χ1) is 15.9. The van der Waals surface area contributed by atoms with Gasteiger partial charge in [0.05, 0.1) is 17.1 Å². The quantitative estimate of drug-likeness (QED) is 0.474. The van der Waals surface area contributed by atoms with Crippen molar-refractivity contribution in [2.45, 2.75) is 57.6 Å². The Labute approximate surface area is 194 Å². The molecule has 0 atom stereocenters. The van der Waals surface area contributed by atoms with Gasteiger partial charge in [0.1, 0.15) is 17.2 Å². The van der Waals surface area contributed by atoms with Gasteiger partial charge in [-0.2, -0.15) is 0 Å². The molecule has 4 rings (SSSR count). The first-order valence-corrected chi connectivity index (χ1v) is 11.7. The maximum absolute atomic E-state index is 14.6. The minimum Gasteiger partial charge on any atom is -0.456 e. The summed E-state index contributed by atoms with van der Waals surface area (Å²) in [7, 11) is 0. The molecule has 0 unspecified atom stereocenters. The predicted octanol–water partition coefficient (Wildman–Crippen LogP) is 5.90. The molecular formula is C26H32F2N2O3. The van der Waals surface area contributed by atoms with Gasteiger partial charge in [-0.05, 0) is 67.9 Å². The molecule has 2 aliphatic rings.